The molecule has 1 saturated carbocycles. The average molecular weight is 213 g/mol. The van der Waals surface area contributed by atoms with Crippen molar-refractivity contribution < 1.29 is 9.90 Å². The number of thioether (sulfide) groups is 1. The third-order valence-corrected chi connectivity index (χ3v) is 3.23. The van der Waals surface area contributed by atoms with Crippen LogP contribution in [0.3, 0.4) is 0 Å². The van der Waals surface area contributed by atoms with E-state index in [0.717, 1.165) is 6.42 Å². The first kappa shape index (κ1) is 9.51. The second-order valence-corrected chi connectivity index (χ2v) is 4.43. The molecule has 1 aliphatic rings. The molecular formula is C8H11N3O2S. The predicted molar refractivity (Wildman–Crippen MR) is 51.2 cm³/mol. The van der Waals surface area contributed by atoms with E-state index in [4.69, 9.17) is 5.11 Å². The topological polar surface area (TPSA) is 68.0 Å². The van der Waals surface area contributed by atoms with E-state index in [1.165, 1.54) is 11.8 Å². The highest BCUT2D eigenvalue weighted by molar-refractivity contribution is 7.99. The van der Waals surface area contributed by atoms with Crippen molar-refractivity contribution in [1.29, 1.82) is 0 Å². The molecule has 0 saturated heterocycles. The molecule has 14 heavy (non-hydrogen) atoms. The Morgan fingerprint density at radius 2 is 2.57 bits per heavy atom. The summed E-state index contributed by atoms with van der Waals surface area (Å²) in [5.41, 5.74) is 0. The van der Waals surface area contributed by atoms with Gasteiger partial charge in [0.25, 0.3) is 0 Å². The lowest BCUT2D eigenvalue weighted by atomic mass is 10.5. The van der Waals surface area contributed by atoms with Gasteiger partial charge in [-0.05, 0) is 12.3 Å². The SMILES string of the molecule is CC1CC1n1cnnc1SCC(=O)O. The molecule has 76 valence electrons. The molecule has 6 heteroatoms. The minimum Gasteiger partial charge on any atom is -0.481 e. The van der Waals surface area contributed by atoms with E-state index in [9.17, 15) is 4.79 Å². The van der Waals surface area contributed by atoms with E-state index < -0.39 is 5.97 Å². The molecule has 0 spiro atoms. The molecule has 2 atom stereocenters. The van der Waals surface area contributed by atoms with Gasteiger partial charge in [0.2, 0.25) is 0 Å². The van der Waals surface area contributed by atoms with Crippen LogP contribution >= 0.6 is 11.8 Å². The standard InChI is InChI=1S/C8H11N3O2S/c1-5-2-6(5)11-4-9-10-8(11)14-3-7(12)13/h4-6H,2-3H2,1H3,(H,12,13). The Kier molecular flexibility index (Phi) is 2.45. The molecule has 1 aromatic heterocycles. The van der Waals surface area contributed by atoms with Gasteiger partial charge in [0.1, 0.15) is 6.33 Å². The summed E-state index contributed by atoms with van der Waals surface area (Å²) in [7, 11) is 0. The van der Waals surface area contributed by atoms with Gasteiger partial charge in [0, 0.05) is 6.04 Å². The molecule has 0 radical (unpaired) electrons. The van der Waals surface area contributed by atoms with Crippen LogP contribution in [0, 0.1) is 5.92 Å². The van der Waals surface area contributed by atoms with Crippen LogP contribution in [0.1, 0.15) is 19.4 Å². The van der Waals surface area contributed by atoms with E-state index >= 15 is 0 Å². The van der Waals surface area contributed by atoms with Gasteiger partial charge in [-0.1, -0.05) is 18.7 Å². The largest absolute Gasteiger partial charge is 0.481 e. The zero-order valence-corrected chi connectivity index (χ0v) is 8.57. The zero-order valence-electron chi connectivity index (χ0n) is 7.75. The molecule has 1 aliphatic carbocycles. The highest BCUT2D eigenvalue weighted by Gasteiger charge is 2.35. The van der Waals surface area contributed by atoms with Gasteiger partial charge < -0.3 is 9.67 Å². The van der Waals surface area contributed by atoms with Gasteiger partial charge in [-0.2, -0.15) is 0 Å². The lowest BCUT2D eigenvalue weighted by molar-refractivity contribution is -0.133. The van der Waals surface area contributed by atoms with E-state index in [1.807, 2.05) is 4.57 Å². The van der Waals surface area contributed by atoms with Crippen molar-refractivity contribution in [3.63, 3.8) is 0 Å². The summed E-state index contributed by atoms with van der Waals surface area (Å²) in [4.78, 5) is 10.4. The molecule has 0 aliphatic heterocycles. The second kappa shape index (κ2) is 3.61. The Hall–Kier alpha value is -1.04. The number of aliphatic carboxylic acids is 1. The summed E-state index contributed by atoms with van der Waals surface area (Å²) in [5.74, 6) is -0.122. The lowest BCUT2D eigenvalue weighted by Crippen LogP contribution is -2.02. The Labute approximate surface area is 85.5 Å². The van der Waals surface area contributed by atoms with E-state index in [-0.39, 0.29) is 5.75 Å². The van der Waals surface area contributed by atoms with Crippen LogP contribution in [-0.4, -0.2) is 31.6 Å². The van der Waals surface area contributed by atoms with Crippen LogP contribution in [0.5, 0.6) is 0 Å². The van der Waals surface area contributed by atoms with E-state index in [2.05, 4.69) is 17.1 Å². The maximum Gasteiger partial charge on any atom is 0.313 e. The molecule has 1 N–H and O–H groups in total. The summed E-state index contributed by atoms with van der Waals surface area (Å²) in [6, 6.07) is 0.473. The molecule has 1 fully saturated rings. The number of carboxylic acids is 1. The van der Waals surface area contributed by atoms with Crippen molar-refractivity contribution in [3.05, 3.63) is 6.33 Å². The normalized spacial score (nSPS) is 24.9. The van der Waals surface area contributed by atoms with E-state index in [1.54, 1.807) is 6.33 Å². The maximum atomic E-state index is 10.4. The Bertz CT molecular complexity index is 352. The summed E-state index contributed by atoms with van der Waals surface area (Å²) >= 11 is 1.22. The number of aromatic nitrogens is 3. The number of carboxylic acid groups (broad SMARTS) is 1. The zero-order chi connectivity index (χ0) is 10.1. The van der Waals surface area contributed by atoms with Crippen molar-refractivity contribution in [2.45, 2.75) is 24.5 Å². The van der Waals surface area contributed by atoms with Crippen LogP contribution in [-0.2, 0) is 4.79 Å². The monoisotopic (exact) mass is 213 g/mol. The molecule has 2 unspecified atom stereocenters. The van der Waals surface area contributed by atoms with Gasteiger partial charge in [0.05, 0.1) is 5.75 Å². The summed E-state index contributed by atoms with van der Waals surface area (Å²) in [5, 5.41) is 16.9. The van der Waals surface area contributed by atoms with Crippen molar-refractivity contribution >= 4 is 17.7 Å². The van der Waals surface area contributed by atoms with Crippen molar-refractivity contribution in [3.8, 4) is 0 Å². The Balaban J connectivity index is 2.02. The fourth-order valence-electron chi connectivity index (χ4n) is 1.38. The van der Waals surface area contributed by atoms with E-state index in [0.29, 0.717) is 17.1 Å². The first-order valence-corrected chi connectivity index (χ1v) is 5.41. The second-order valence-electron chi connectivity index (χ2n) is 3.48. The highest BCUT2D eigenvalue weighted by Crippen LogP contribution is 2.44. The highest BCUT2D eigenvalue weighted by atomic mass is 32.2. The average Bonchev–Trinajstić information content (AvgIpc) is 2.68. The van der Waals surface area contributed by atoms with Crippen molar-refractivity contribution in [2.24, 2.45) is 5.92 Å². The van der Waals surface area contributed by atoms with Crippen LogP contribution in [0.15, 0.2) is 11.5 Å². The number of nitrogens with zero attached hydrogens (tertiary/aromatic N) is 3. The number of hydrogen-bond donors (Lipinski definition) is 1. The summed E-state index contributed by atoms with van der Waals surface area (Å²) in [6.45, 7) is 2.16. The molecule has 1 aromatic rings. The molecule has 0 aromatic carbocycles. The lowest BCUT2D eigenvalue weighted by Gasteiger charge is -2.02. The van der Waals surface area contributed by atoms with Gasteiger partial charge in [0.15, 0.2) is 5.16 Å². The Morgan fingerprint density at radius 3 is 3.14 bits per heavy atom. The molecule has 0 bridgehead atoms. The Morgan fingerprint density at radius 1 is 1.86 bits per heavy atom. The van der Waals surface area contributed by atoms with Gasteiger partial charge in [-0.25, -0.2) is 0 Å². The summed E-state index contributed by atoms with van der Waals surface area (Å²) in [6.07, 6.45) is 2.82. The number of hydrogen-bond acceptors (Lipinski definition) is 4. The third-order valence-electron chi connectivity index (χ3n) is 2.29. The number of rotatable bonds is 4. The van der Waals surface area contributed by atoms with Crippen LogP contribution < -0.4 is 0 Å². The minimum atomic E-state index is -0.826. The maximum absolute atomic E-state index is 10.4. The van der Waals surface area contributed by atoms with Crippen LogP contribution in [0.4, 0.5) is 0 Å². The van der Waals surface area contributed by atoms with Crippen LogP contribution in [0.25, 0.3) is 0 Å². The first-order valence-electron chi connectivity index (χ1n) is 4.42. The van der Waals surface area contributed by atoms with Gasteiger partial charge in [-0.3, -0.25) is 4.79 Å². The third kappa shape index (κ3) is 1.89. The smallest absolute Gasteiger partial charge is 0.313 e. The fraction of sp³-hybridized carbons (Fsp3) is 0.625. The van der Waals surface area contributed by atoms with Crippen LogP contribution in [0.2, 0.25) is 0 Å². The fourth-order valence-corrected chi connectivity index (χ4v) is 2.07. The molecule has 5 nitrogen and oxygen atoms in total. The first-order chi connectivity index (χ1) is 6.68. The molecule has 2 rings (SSSR count). The molecule has 1 heterocycles. The van der Waals surface area contributed by atoms with Gasteiger partial charge in [-0.15, -0.1) is 10.2 Å². The number of carbonyl (C=O) groups is 1. The minimum absolute atomic E-state index is 0.0415. The van der Waals surface area contributed by atoms with Crippen molar-refractivity contribution in [2.75, 3.05) is 5.75 Å². The predicted octanol–water partition coefficient (Wildman–Crippen LogP) is 1.04. The molecule has 0 amide bonds. The van der Waals surface area contributed by atoms with Gasteiger partial charge >= 0.3 is 5.97 Å². The molecular weight excluding hydrogens is 202 g/mol. The van der Waals surface area contributed by atoms with Crippen molar-refractivity contribution in [1.82, 2.24) is 14.8 Å². The quantitative estimate of drug-likeness (QED) is 0.757. The summed E-state index contributed by atoms with van der Waals surface area (Å²) < 4.78 is 1.97.